The van der Waals surface area contributed by atoms with Gasteiger partial charge in [-0.15, -0.1) is 0 Å². The highest BCUT2D eigenvalue weighted by Crippen LogP contribution is 2.28. The Kier molecular flexibility index (Phi) is 5.11. The summed E-state index contributed by atoms with van der Waals surface area (Å²) in [5.41, 5.74) is 0.267. The number of benzene rings is 1. The number of nitrogens with zero attached hydrogens (tertiary/aromatic N) is 2. The average molecular weight is 345 g/mol. The molecule has 1 aromatic carbocycles. The van der Waals surface area contributed by atoms with E-state index in [9.17, 15) is 9.59 Å². The number of fused-ring (bicyclic) bond motifs is 1. The summed E-state index contributed by atoms with van der Waals surface area (Å²) in [6.45, 7) is 8.61. The fourth-order valence-electron chi connectivity index (χ4n) is 3.50. The summed E-state index contributed by atoms with van der Waals surface area (Å²) in [5.74, 6) is -0.650. The number of esters is 1. The fraction of sp³-hybridized carbons (Fsp3) is 0.579. The van der Waals surface area contributed by atoms with Gasteiger partial charge in [0.1, 0.15) is 0 Å². The standard InChI is InChI=1S/C19H27N3O3/c1-14(13-22-10-8-21(3)9-11-22)20-18(24)19(2)12-15-6-4-5-7-16(15)17(23)25-19/h4-7,14H,8-13H2,1-3H3,(H,20,24). The Morgan fingerprint density at radius 1 is 1.28 bits per heavy atom. The Bertz CT molecular complexity index is 655. The van der Waals surface area contributed by atoms with Crippen LogP contribution in [-0.2, 0) is 16.0 Å². The first-order valence-electron chi connectivity index (χ1n) is 8.90. The molecule has 2 aliphatic rings. The Morgan fingerprint density at radius 2 is 1.96 bits per heavy atom. The van der Waals surface area contributed by atoms with E-state index in [2.05, 4.69) is 22.2 Å². The SMILES string of the molecule is CC(CN1CCN(C)CC1)NC(=O)C1(C)Cc2ccccc2C(=O)O1. The summed E-state index contributed by atoms with van der Waals surface area (Å²) in [7, 11) is 2.12. The second kappa shape index (κ2) is 7.14. The van der Waals surface area contributed by atoms with Gasteiger partial charge in [-0.3, -0.25) is 9.69 Å². The Labute approximate surface area is 149 Å². The fourth-order valence-corrected chi connectivity index (χ4v) is 3.50. The van der Waals surface area contributed by atoms with Crippen LogP contribution in [0.15, 0.2) is 24.3 Å². The van der Waals surface area contributed by atoms with Crippen LogP contribution in [0.4, 0.5) is 0 Å². The number of likely N-dealkylation sites (N-methyl/N-ethyl adjacent to an activating group) is 1. The molecule has 2 atom stereocenters. The smallest absolute Gasteiger partial charge is 0.339 e. The molecule has 6 nitrogen and oxygen atoms in total. The lowest BCUT2D eigenvalue weighted by Gasteiger charge is -2.36. The number of amides is 1. The third-order valence-electron chi connectivity index (χ3n) is 5.07. The number of carbonyl (C=O) groups excluding carboxylic acids is 2. The minimum Gasteiger partial charge on any atom is -0.445 e. The lowest BCUT2D eigenvalue weighted by molar-refractivity contribution is -0.140. The van der Waals surface area contributed by atoms with E-state index in [0.29, 0.717) is 12.0 Å². The van der Waals surface area contributed by atoms with Crippen molar-refractivity contribution >= 4 is 11.9 Å². The van der Waals surface area contributed by atoms with Gasteiger partial charge in [-0.25, -0.2) is 4.79 Å². The third kappa shape index (κ3) is 4.02. The molecule has 2 aliphatic heterocycles. The molecule has 0 aromatic heterocycles. The highest BCUT2D eigenvalue weighted by atomic mass is 16.6. The highest BCUT2D eigenvalue weighted by Gasteiger charge is 2.42. The van der Waals surface area contributed by atoms with Gasteiger partial charge in [-0.2, -0.15) is 0 Å². The van der Waals surface area contributed by atoms with Crippen LogP contribution in [0, 0.1) is 0 Å². The van der Waals surface area contributed by atoms with Gasteiger partial charge in [0, 0.05) is 45.2 Å². The van der Waals surface area contributed by atoms with Crippen LogP contribution in [0.25, 0.3) is 0 Å². The summed E-state index contributed by atoms with van der Waals surface area (Å²) in [6, 6.07) is 7.32. The van der Waals surface area contributed by atoms with Crippen molar-refractivity contribution in [2.75, 3.05) is 39.8 Å². The molecule has 1 saturated heterocycles. The zero-order valence-corrected chi connectivity index (χ0v) is 15.2. The summed E-state index contributed by atoms with van der Waals surface area (Å²) in [6.07, 6.45) is 0.405. The highest BCUT2D eigenvalue weighted by molar-refractivity contribution is 5.97. The molecule has 6 heteroatoms. The molecule has 2 heterocycles. The van der Waals surface area contributed by atoms with Gasteiger partial charge in [0.15, 0.2) is 5.60 Å². The van der Waals surface area contributed by atoms with Gasteiger partial charge < -0.3 is 15.0 Å². The predicted molar refractivity (Wildman–Crippen MR) is 95.5 cm³/mol. The van der Waals surface area contributed by atoms with E-state index in [0.717, 1.165) is 38.3 Å². The number of cyclic esters (lactones) is 1. The average Bonchev–Trinajstić information content (AvgIpc) is 2.57. The number of carbonyl (C=O) groups is 2. The van der Waals surface area contributed by atoms with Crippen LogP contribution in [0.5, 0.6) is 0 Å². The molecule has 3 rings (SSSR count). The van der Waals surface area contributed by atoms with Crippen LogP contribution < -0.4 is 5.32 Å². The molecule has 136 valence electrons. The van der Waals surface area contributed by atoms with E-state index in [-0.39, 0.29) is 11.9 Å². The molecule has 1 fully saturated rings. The molecule has 2 unspecified atom stereocenters. The maximum Gasteiger partial charge on any atom is 0.339 e. The van der Waals surface area contributed by atoms with Gasteiger partial charge >= 0.3 is 5.97 Å². The van der Waals surface area contributed by atoms with Crippen LogP contribution in [0.1, 0.15) is 29.8 Å². The lowest BCUT2D eigenvalue weighted by Crippen LogP contribution is -2.56. The van der Waals surface area contributed by atoms with E-state index in [4.69, 9.17) is 4.74 Å². The molecule has 0 spiro atoms. The molecule has 1 amide bonds. The molecule has 0 aliphatic carbocycles. The number of nitrogens with one attached hydrogen (secondary N) is 1. The van der Waals surface area contributed by atoms with E-state index in [1.807, 2.05) is 19.1 Å². The zero-order chi connectivity index (χ0) is 18.0. The Balaban J connectivity index is 1.60. The zero-order valence-electron chi connectivity index (χ0n) is 15.2. The maximum absolute atomic E-state index is 12.8. The first-order valence-corrected chi connectivity index (χ1v) is 8.90. The summed E-state index contributed by atoms with van der Waals surface area (Å²) in [4.78, 5) is 29.7. The minimum atomic E-state index is -1.15. The second-order valence-corrected chi connectivity index (χ2v) is 7.43. The lowest BCUT2D eigenvalue weighted by atomic mass is 9.89. The molecular formula is C19H27N3O3. The number of hydrogen-bond acceptors (Lipinski definition) is 5. The topological polar surface area (TPSA) is 61.9 Å². The van der Waals surface area contributed by atoms with Crippen molar-refractivity contribution in [3.63, 3.8) is 0 Å². The molecule has 0 radical (unpaired) electrons. The maximum atomic E-state index is 12.8. The van der Waals surface area contributed by atoms with E-state index >= 15 is 0 Å². The van der Waals surface area contributed by atoms with Gasteiger partial charge in [0.05, 0.1) is 5.56 Å². The minimum absolute atomic E-state index is 0.00334. The number of rotatable bonds is 4. The number of hydrogen-bond donors (Lipinski definition) is 1. The predicted octanol–water partition coefficient (Wildman–Crippen LogP) is 0.910. The number of ether oxygens (including phenoxy) is 1. The quantitative estimate of drug-likeness (QED) is 0.822. The summed E-state index contributed by atoms with van der Waals surface area (Å²) >= 11 is 0. The van der Waals surface area contributed by atoms with Crippen molar-refractivity contribution in [2.24, 2.45) is 0 Å². The molecular weight excluding hydrogens is 318 g/mol. The molecule has 1 aromatic rings. The van der Waals surface area contributed by atoms with Crippen molar-refractivity contribution in [1.82, 2.24) is 15.1 Å². The van der Waals surface area contributed by atoms with E-state index in [1.165, 1.54) is 0 Å². The molecule has 0 bridgehead atoms. The molecule has 0 saturated carbocycles. The van der Waals surface area contributed by atoms with Gasteiger partial charge in [-0.1, -0.05) is 18.2 Å². The van der Waals surface area contributed by atoms with E-state index < -0.39 is 11.6 Å². The van der Waals surface area contributed by atoms with Gasteiger partial charge in [0.2, 0.25) is 0 Å². The van der Waals surface area contributed by atoms with Gasteiger partial charge in [0.25, 0.3) is 5.91 Å². The molecule has 1 N–H and O–H groups in total. The van der Waals surface area contributed by atoms with Gasteiger partial charge in [-0.05, 0) is 32.5 Å². The normalized spacial score (nSPS) is 25.8. The van der Waals surface area contributed by atoms with Crippen LogP contribution >= 0.6 is 0 Å². The van der Waals surface area contributed by atoms with Crippen LogP contribution in [0.2, 0.25) is 0 Å². The second-order valence-electron chi connectivity index (χ2n) is 7.43. The number of piperazine rings is 1. The Hall–Kier alpha value is -1.92. The van der Waals surface area contributed by atoms with Crippen LogP contribution in [-0.4, -0.2) is 73.1 Å². The summed E-state index contributed by atoms with van der Waals surface area (Å²) < 4.78 is 5.50. The monoisotopic (exact) mass is 345 g/mol. The van der Waals surface area contributed by atoms with Crippen LogP contribution in [0.3, 0.4) is 0 Å². The largest absolute Gasteiger partial charge is 0.445 e. The summed E-state index contributed by atoms with van der Waals surface area (Å²) in [5, 5.41) is 3.03. The first kappa shape index (κ1) is 17.9. The van der Waals surface area contributed by atoms with E-state index in [1.54, 1.807) is 19.1 Å². The third-order valence-corrected chi connectivity index (χ3v) is 5.07. The first-order chi connectivity index (χ1) is 11.9. The Morgan fingerprint density at radius 3 is 2.68 bits per heavy atom. The van der Waals surface area contributed by atoms with Crippen molar-refractivity contribution in [1.29, 1.82) is 0 Å². The molecule has 25 heavy (non-hydrogen) atoms. The van der Waals surface area contributed by atoms with Crippen molar-refractivity contribution < 1.29 is 14.3 Å². The van der Waals surface area contributed by atoms with Crippen molar-refractivity contribution in [3.05, 3.63) is 35.4 Å². The van der Waals surface area contributed by atoms with Crippen molar-refractivity contribution in [2.45, 2.75) is 31.9 Å². The van der Waals surface area contributed by atoms with Crippen molar-refractivity contribution in [3.8, 4) is 0 Å².